The highest BCUT2D eigenvalue weighted by Crippen LogP contribution is 2.54. The number of nitrogens with one attached hydrogen (secondary N) is 1. The fraction of sp³-hybridized carbons (Fsp3) is 0.625. The van der Waals surface area contributed by atoms with Crippen LogP contribution in [0.2, 0.25) is 0 Å². The van der Waals surface area contributed by atoms with Gasteiger partial charge >= 0.3 is 0 Å². The Balaban J connectivity index is 2.14. The van der Waals surface area contributed by atoms with E-state index in [0.717, 1.165) is 12.3 Å². The molecule has 1 aromatic rings. The van der Waals surface area contributed by atoms with Crippen LogP contribution in [0.1, 0.15) is 45.1 Å². The van der Waals surface area contributed by atoms with E-state index in [-0.39, 0.29) is 0 Å². The minimum absolute atomic E-state index is 0.393. The maximum Gasteiger partial charge on any atom is 0.118 e. The van der Waals surface area contributed by atoms with Crippen LogP contribution in [0.15, 0.2) is 24.3 Å². The molecule has 2 nitrogen and oxygen atoms in total. The van der Waals surface area contributed by atoms with E-state index in [1.807, 2.05) is 0 Å². The first kappa shape index (κ1) is 13.4. The van der Waals surface area contributed by atoms with Crippen molar-refractivity contribution in [2.24, 2.45) is 5.41 Å². The third kappa shape index (κ3) is 2.14. The molecule has 0 aromatic heterocycles. The monoisotopic (exact) mass is 247 g/mol. The van der Waals surface area contributed by atoms with Gasteiger partial charge in [-0.1, -0.05) is 32.9 Å². The lowest BCUT2D eigenvalue weighted by Crippen LogP contribution is -2.56. The Labute approximate surface area is 111 Å². The van der Waals surface area contributed by atoms with Gasteiger partial charge in [0, 0.05) is 6.04 Å². The summed E-state index contributed by atoms with van der Waals surface area (Å²) in [5.74, 6) is 1.62. The second-order valence-corrected chi connectivity index (χ2v) is 5.53. The zero-order valence-corrected chi connectivity index (χ0v) is 12.0. The van der Waals surface area contributed by atoms with E-state index in [2.05, 4.69) is 50.4 Å². The van der Waals surface area contributed by atoms with Gasteiger partial charge in [-0.15, -0.1) is 0 Å². The van der Waals surface area contributed by atoms with Gasteiger partial charge < -0.3 is 10.1 Å². The van der Waals surface area contributed by atoms with Crippen molar-refractivity contribution in [2.45, 2.75) is 45.6 Å². The molecule has 1 fully saturated rings. The van der Waals surface area contributed by atoms with Gasteiger partial charge in [-0.2, -0.15) is 0 Å². The maximum absolute atomic E-state index is 5.23. The Morgan fingerprint density at radius 2 is 1.94 bits per heavy atom. The third-order valence-corrected chi connectivity index (χ3v) is 4.79. The van der Waals surface area contributed by atoms with Crippen LogP contribution < -0.4 is 10.1 Å². The topological polar surface area (TPSA) is 21.3 Å². The number of hydrogen-bond acceptors (Lipinski definition) is 2. The number of rotatable bonds is 5. The molecule has 2 rings (SSSR count). The molecule has 18 heavy (non-hydrogen) atoms. The van der Waals surface area contributed by atoms with E-state index in [9.17, 15) is 0 Å². The van der Waals surface area contributed by atoms with Crippen LogP contribution in [0.3, 0.4) is 0 Å². The summed E-state index contributed by atoms with van der Waals surface area (Å²) in [4.78, 5) is 0. The van der Waals surface area contributed by atoms with Crippen LogP contribution in [-0.4, -0.2) is 19.7 Å². The lowest BCUT2D eigenvalue weighted by Gasteiger charge is -2.55. The second kappa shape index (κ2) is 5.31. The van der Waals surface area contributed by atoms with Gasteiger partial charge in [0.15, 0.2) is 0 Å². The molecule has 1 aromatic carbocycles. The van der Waals surface area contributed by atoms with Crippen LogP contribution in [-0.2, 0) is 0 Å². The summed E-state index contributed by atoms with van der Waals surface area (Å²) in [6.07, 6.45) is 2.48. The van der Waals surface area contributed by atoms with Gasteiger partial charge in [-0.3, -0.25) is 0 Å². The molecule has 0 spiro atoms. The van der Waals surface area contributed by atoms with Crippen molar-refractivity contribution in [1.82, 2.24) is 5.32 Å². The van der Waals surface area contributed by atoms with E-state index >= 15 is 0 Å². The molecule has 3 unspecified atom stereocenters. The number of ether oxygens (including phenoxy) is 1. The predicted octanol–water partition coefficient (Wildman–Crippen LogP) is 3.58. The molecule has 0 amide bonds. The summed E-state index contributed by atoms with van der Waals surface area (Å²) in [7, 11) is 1.72. The average molecular weight is 247 g/mol. The summed E-state index contributed by atoms with van der Waals surface area (Å²) >= 11 is 0. The van der Waals surface area contributed by atoms with E-state index in [1.54, 1.807) is 7.11 Å². The van der Waals surface area contributed by atoms with Crippen molar-refractivity contribution in [3.8, 4) is 5.75 Å². The van der Waals surface area contributed by atoms with Gasteiger partial charge in [0.2, 0.25) is 0 Å². The first-order valence-electron chi connectivity index (χ1n) is 7.03. The molecular weight excluding hydrogens is 222 g/mol. The smallest absolute Gasteiger partial charge is 0.118 e. The summed E-state index contributed by atoms with van der Waals surface area (Å²) < 4.78 is 5.23. The van der Waals surface area contributed by atoms with E-state index in [0.29, 0.717) is 17.4 Å². The highest BCUT2D eigenvalue weighted by atomic mass is 16.5. The van der Waals surface area contributed by atoms with Gasteiger partial charge in [0.25, 0.3) is 0 Å². The van der Waals surface area contributed by atoms with E-state index < -0.39 is 0 Å². The largest absolute Gasteiger partial charge is 0.497 e. The zero-order chi connectivity index (χ0) is 13.2. The normalized spacial score (nSPS) is 30.9. The second-order valence-electron chi connectivity index (χ2n) is 5.53. The summed E-state index contributed by atoms with van der Waals surface area (Å²) in [6, 6.07) is 9.26. The predicted molar refractivity (Wildman–Crippen MR) is 76.2 cm³/mol. The van der Waals surface area contributed by atoms with E-state index in [4.69, 9.17) is 4.74 Å². The Hall–Kier alpha value is -1.02. The first-order chi connectivity index (χ1) is 8.65. The van der Waals surface area contributed by atoms with Gasteiger partial charge in [0.05, 0.1) is 7.11 Å². The number of hydrogen-bond donors (Lipinski definition) is 1. The number of methoxy groups -OCH3 is 1. The fourth-order valence-electron chi connectivity index (χ4n) is 3.27. The average Bonchev–Trinajstić information content (AvgIpc) is 2.42. The number of benzene rings is 1. The van der Waals surface area contributed by atoms with Gasteiger partial charge in [0.1, 0.15) is 5.75 Å². The molecule has 0 heterocycles. The molecule has 1 N–H and O–H groups in total. The molecule has 100 valence electrons. The Bertz CT molecular complexity index is 387. The van der Waals surface area contributed by atoms with Crippen molar-refractivity contribution in [2.75, 3.05) is 13.7 Å². The van der Waals surface area contributed by atoms with Crippen molar-refractivity contribution in [3.05, 3.63) is 29.8 Å². The van der Waals surface area contributed by atoms with Crippen molar-refractivity contribution in [1.29, 1.82) is 0 Å². The summed E-state index contributed by atoms with van der Waals surface area (Å²) in [5.41, 5.74) is 1.85. The van der Waals surface area contributed by atoms with Gasteiger partial charge in [-0.25, -0.2) is 0 Å². The molecule has 1 aliphatic rings. The molecule has 0 saturated heterocycles. The highest BCUT2D eigenvalue weighted by molar-refractivity contribution is 5.33. The van der Waals surface area contributed by atoms with Crippen molar-refractivity contribution < 1.29 is 4.74 Å². The molecule has 1 saturated carbocycles. The fourth-order valence-corrected chi connectivity index (χ4v) is 3.27. The van der Waals surface area contributed by atoms with Crippen molar-refractivity contribution in [3.63, 3.8) is 0 Å². The molecular formula is C16H25NO. The first-order valence-corrected chi connectivity index (χ1v) is 7.03. The quantitative estimate of drug-likeness (QED) is 0.858. The van der Waals surface area contributed by atoms with Crippen LogP contribution in [0, 0.1) is 5.41 Å². The molecule has 3 atom stereocenters. The SMILES string of the molecule is CCNC1CC(c2ccc(OC)cc2)C1(C)CC. The lowest BCUT2D eigenvalue weighted by atomic mass is 9.54. The Morgan fingerprint density at radius 3 is 2.44 bits per heavy atom. The third-order valence-electron chi connectivity index (χ3n) is 4.79. The maximum atomic E-state index is 5.23. The molecule has 1 aliphatic carbocycles. The van der Waals surface area contributed by atoms with Gasteiger partial charge in [-0.05, 0) is 48.4 Å². The molecule has 0 radical (unpaired) electrons. The van der Waals surface area contributed by atoms with Crippen LogP contribution in [0.25, 0.3) is 0 Å². The van der Waals surface area contributed by atoms with Crippen LogP contribution in [0.5, 0.6) is 5.75 Å². The minimum Gasteiger partial charge on any atom is -0.497 e. The Kier molecular flexibility index (Phi) is 3.96. The molecule has 2 heteroatoms. The van der Waals surface area contributed by atoms with E-state index in [1.165, 1.54) is 18.4 Å². The highest BCUT2D eigenvalue weighted by Gasteiger charge is 2.50. The summed E-state index contributed by atoms with van der Waals surface area (Å²) in [5, 5.41) is 3.62. The van der Waals surface area contributed by atoms with Crippen LogP contribution in [0.4, 0.5) is 0 Å². The van der Waals surface area contributed by atoms with Crippen LogP contribution >= 0.6 is 0 Å². The summed E-state index contributed by atoms with van der Waals surface area (Å²) in [6.45, 7) is 7.98. The molecule has 0 aliphatic heterocycles. The standard InChI is InChI=1S/C16H25NO/c1-5-16(3)14(11-15(16)17-6-2)12-7-9-13(18-4)10-8-12/h7-10,14-15,17H,5-6,11H2,1-4H3. The zero-order valence-electron chi connectivity index (χ0n) is 12.0. The lowest BCUT2D eigenvalue weighted by molar-refractivity contribution is 0.0455. The Morgan fingerprint density at radius 1 is 1.28 bits per heavy atom. The van der Waals surface area contributed by atoms with Crippen molar-refractivity contribution >= 4 is 0 Å². The minimum atomic E-state index is 0.393. The molecule has 0 bridgehead atoms.